The third-order valence-electron chi connectivity index (χ3n) is 4.44. The summed E-state index contributed by atoms with van der Waals surface area (Å²) in [5, 5.41) is 6.12. The molecule has 158 valence electrons. The van der Waals surface area contributed by atoms with Gasteiger partial charge in [-0.25, -0.2) is 0 Å². The topological polar surface area (TPSA) is 34.2 Å². The van der Waals surface area contributed by atoms with Crippen LogP contribution in [0.4, 0.5) is 0 Å². The molecule has 0 bridgehead atoms. The van der Waals surface area contributed by atoms with E-state index in [1.54, 1.807) is 24.7 Å². The second-order valence-corrected chi connectivity index (χ2v) is 7.89. The summed E-state index contributed by atoms with van der Waals surface area (Å²) in [4.78, 5) is 7.93. The Morgan fingerprint density at radius 2 is 2.24 bits per heavy atom. The molecular formula is C23H32N2O3S. The van der Waals surface area contributed by atoms with Crippen LogP contribution in [0.1, 0.15) is 26.3 Å². The minimum atomic E-state index is -0.420. The van der Waals surface area contributed by atoms with Crippen LogP contribution in [0.15, 0.2) is 53.5 Å². The number of hydrogen-bond donors (Lipinski definition) is 0. The quantitative estimate of drug-likeness (QED) is 0.307. The van der Waals surface area contributed by atoms with Crippen LogP contribution in [0.2, 0.25) is 0 Å². The lowest BCUT2D eigenvalue weighted by Gasteiger charge is -2.27. The maximum Gasteiger partial charge on any atom is 0.123 e. The first-order chi connectivity index (χ1) is 14.0. The molecule has 29 heavy (non-hydrogen) atoms. The Morgan fingerprint density at radius 1 is 1.38 bits per heavy atom. The maximum absolute atomic E-state index is 5.68. The third-order valence-corrected chi connectivity index (χ3v) is 5.17. The van der Waals surface area contributed by atoms with Gasteiger partial charge in [0.2, 0.25) is 0 Å². The number of hydrogen-bond acceptors (Lipinski definition) is 6. The molecule has 6 heteroatoms. The van der Waals surface area contributed by atoms with Gasteiger partial charge in [-0.15, -0.1) is 5.06 Å². The lowest BCUT2D eigenvalue weighted by atomic mass is 10.1. The van der Waals surface area contributed by atoms with Crippen LogP contribution in [0.25, 0.3) is 0 Å². The Bertz CT molecular complexity index is 729. The fourth-order valence-corrected chi connectivity index (χ4v) is 3.13. The van der Waals surface area contributed by atoms with Gasteiger partial charge in [-0.3, -0.25) is 4.90 Å². The van der Waals surface area contributed by atoms with Gasteiger partial charge >= 0.3 is 0 Å². The molecular weight excluding hydrogens is 384 g/mol. The van der Waals surface area contributed by atoms with E-state index in [0.717, 1.165) is 13.1 Å². The lowest BCUT2D eigenvalue weighted by molar-refractivity contribution is -0.124. The van der Waals surface area contributed by atoms with E-state index in [9.17, 15) is 0 Å². The highest BCUT2D eigenvalue weighted by atomic mass is 32.1. The Labute approximate surface area is 179 Å². The number of ether oxygens (including phenoxy) is 2. The smallest absolute Gasteiger partial charge is 0.123 e. The largest absolute Gasteiger partial charge is 0.412 e. The fraction of sp³-hybridized carbons (Fsp3) is 0.478. The molecule has 0 radical (unpaired) electrons. The minimum Gasteiger partial charge on any atom is -0.412 e. The first-order valence-corrected chi connectivity index (χ1v) is 10.8. The number of likely N-dealkylation sites (N-methyl/N-ethyl adjacent to an activating group) is 1. The van der Waals surface area contributed by atoms with Crippen LogP contribution in [-0.4, -0.2) is 55.1 Å². The highest BCUT2D eigenvalue weighted by Crippen LogP contribution is 2.14. The van der Waals surface area contributed by atoms with Crippen molar-refractivity contribution >= 4 is 11.3 Å². The predicted octanol–water partition coefficient (Wildman–Crippen LogP) is 4.21. The van der Waals surface area contributed by atoms with Gasteiger partial charge in [-0.2, -0.15) is 11.3 Å². The van der Waals surface area contributed by atoms with Gasteiger partial charge in [0.25, 0.3) is 0 Å². The van der Waals surface area contributed by atoms with Crippen molar-refractivity contribution in [2.75, 3.05) is 33.5 Å². The van der Waals surface area contributed by atoms with Gasteiger partial charge in [-0.1, -0.05) is 37.0 Å². The molecule has 5 nitrogen and oxygen atoms in total. The summed E-state index contributed by atoms with van der Waals surface area (Å²) in [5.74, 6) is 6.12. The monoisotopic (exact) mass is 416 g/mol. The molecule has 0 aromatic carbocycles. The number of allylic oxidation sites excluding steroid dienone is 1. The molecule has 1 atom stereocenters. The van der Waals surface area contributed by atoms with Crippen LogP contribution in [-0.2, 0) is 20.9 Å². The molecule has 0 spiro atoms. The SMILES string of the molecule is CCN(C/C=C/C#CC(C)(C)OC)CN1OC=CC1/C=C/COCc1ccsc1. The summed E-state index contributed by atoms with van der Waals surface area (Å²) in [6, 6.07) is 2.20. The van der Waals surface area contributed by atoms with E-state index in [2.05, 4.69) is 52.6 Å². The second-order valence-electron chi connectivity index (χ2n) is 7.11. The molecule has 2 heterocycles. The van der Waals surface area contributed by atoms with Crippen LogP contribution in [0.5, 0.6) is 0 Å². The van der Waals surface area contributed by atoms with Crippen molar-refractivity contribution in [2.45, 2.75) is 39.0 Å². The summed E-state index contributed by atoms with van der Waals surface area (Å²) in [6.45, 7) is 9.70. The standard InChI is InChI=1S/C23H32N2O3S/c1-5-24(14-8-6-7-13-23(2,3)26-4)20-25-22(11-16-28-25)10-9-15-27-18-21-12-17-29-19-21/h6,8-12,16-17,19,22H,5,14-15,18,20H2,1-4H3/b8-6+,10-9+. The molecule has 1 aromatic heterocycles. The first kappa shape index (κ1) is 23.4. The molecule has 0 fully saturated rings. The van der Waals surface area contributed by atoms with Crippen molar-refractivity contribution in [3.63, 3.8) is 0 Å². The average Bonchev–Trinajstić information content (AvgIpc) is 3.38. The van der Waals surface area contributed by atoms with Crippen molar-refractivity contribution in [3.05, 3.63) is 59.0 Å². The average molecular weight is 417 g/mol. The van der Waals surface area contributed by atoms with Gasteiger partial charge in [0.1, 0.15) is 11.9 Å². The molecule has 0 saturated heterocycles. The van der Waals surface area contributed by atoms with Gasteiger partial charge in [0.15, 0.2) is 0 Å². The summed E-state index contributed by atoms with van der Waals surface area (Å²) in [5.41, 5.74) is 0.799. The molecule has 0 aliphatic carbocycles. The van der Waals surface area contributed by atoms with Gasteiger partial charge in [0.05, 0.1) is 25.9 Å². The Morgan fingerprint density at radius 3 is 2.97 bits per heavy atom. The van der Waals surface area contributed by atoms with E-state index >= 15 is 0 Å². The third kappa shape index (κ3) is 8.99. The van der Waals surface area contributed by atoms with E-state index in [1.165, 1.54) is 5.56 Å². The molecule has 1 aliphatic heterocycles. The summed E-state index contributed by atoms with van der Waals surface area (Å²) in [6.07, 6.45) is 11.9. The predicted molar refractivity (Wildman–Crippen MR) is 119 cm³/mol. The minimum absolute atomic E-state index is 0.111. The summed E-state index contributed by atoms with van der Waals surface area (Å²) < 4.78 is 11.0. The van der Waals surface area contributed by atoms with Gasteiger partial charge < -0.3 is 14.3 Å². The van der Waals surface area contributed by atoms with Gasteiger partial charge in [-0.05, 0) is 54.9 Å². The van der Waals surface area contributed by atoms with Gasteiger partial charge in [0, 0.05) is 13.7 Å². The van der Waals surface area contributed by atoms with E-state index in [0.29, 0.717) is 19.9 Å². The zero-order chi connectivity index (χ0) is 21.0. The summed E-state index contributed by atoms with van der Waals surface area (Å²) >= 11 is 1.69. The molecule has 0 N–H and O–H groups in total. The van der Waals surface area contributed by atoms with Crippen molar-refractivity contribution in [2.24, 2.45) is 0 Å². The maximum atomic E-state index is 5.68. The molecule has 2 rings (SSSR count). The Kier molecular flexibility index (Phi) is 10.2. The Hall–Kier alpha value is -1.88. The highest BCUT2D eigenvalue weighted by molar-refractivity contribution is 7.07. The number of methoxy groups -OCH3 is 1. The molecule has 1 aliphatic rings. The number of rotatable bonds is 11. The number of nitrogens with zero attached hydrogens (tertiary/aromatic N) is 2. The molecule has 0 saturated carbocycles. The second kappa shape index (κ2) is 12.6. The first-order valence-electron chi connectivity index (χ1n) is 9.85. The van der Waals surface area contributed by atoms with Crippen molar-refractivity contribution in [3.8, 4) is 11.8 Å². The van der Waals surface area contributed by atoms with Crippen molar-refractivity contribution < 1.29 is 14.3 Å². The zero-order valence-electron chi connectivity index (χ0n) is 17.8. The lowest BCUT2D eigenvalue weighted by Crippen LogP contribution is -2.39. The van der Waals surface area contributed by atoms with Crippen LogP contribution in [0, 0.1) is 11.8 Å². The van der Waals surface area contributed by atoms with Crippen molar-refractivity contribution in [1.29, 1.82) is 0 Å². The van der Waals surface area contributed by atoms with Crippen molar-refractivity contribution in [1.82, 2.24) is 9.96 Å². The number of hydroxylamine groups is 2. The molecule has 1 unspecified atom stereocenters. The van der Waals surface area contributed by atoms with E-state index in [-0.39, 0.29) is 6.04 Å². The molecule has 1 aromatic rings. The highest BCUT2D eigenvalue weighted by Gasteiger charge is 2.21. The fourth-order valence-electron chi connectivity index (χ4n) is 2.47. The van der Waals surface area contributed by atoms with Crippen LogP contribution < -0.4 is 0 Å². The van der Waals surface area contributed by atoms with E-state index in [1.807, 2.05) is 37.1 Å². The zero-order valence-corrected chi connectivity index (χ0v) is 18.7. The van der Waals surface area contributed by atoms with Crippen LogP contribution >= 0.6 is 11.3 Å². The normalized spacial score (nSPS) is 17.3. The van der Waals surface area contributed by atoms with E-state index < -0.39 is 5.60 Å². The van der Waals surface area contributed by atoms with Crippen LogP contribution in [0.3, 0.4) is 0 Å². The Balaban J connectivity index is 1.73. The summed E-state index contributed by atoms with van der Waals surface area (Å²) in [7, 11) is 1.67. The molecule has 0 amide bonds. The number of thiophene rings is 1. The van der Waals surface area contributed by atoms with E-state index in [4.69, 9.17) is 14.3 Å².